The normalized spacial score (nSPS) is 24.3. The third kappa shape index (κ3) is 2.08. The van der Waals surface area contributed by atoms with Gasteiger partial charge < -0.3 is 5.11 Å². The first-order valence-corrected chi connectivity index (χ1v) is 11.7. The number of hydrogen-bond donors (Lipinski definition) is 1. The zero-order valence-corrected chi connectivity index (χ0v) is 19.0. The topological polar surface area (TPSA) is 74.7 Å². The maximum absolute atomic E-state index is 14.6. The molecule has 0 bridgehead atoms. The number of likely N-dealkylation sites (tertiary alicyclic amines) is 1. The van der Waals surface area contributed by atoms with E-state index in [1.165, 1.54) is 0 Å². The van der Waals surface area contributed by atoms with Gasteiger partial charge in [0.15, 0.2) is 17.3 Å². The second-order valence-electron chi connectivity index (χ2n) is 9.79. The van der Waals surface area contributed by atoms with Crippen molar-refractivity contribution in [3.8, 4) is 5.75 Å². The number of rotatable bonds is 1. The maximum Gasteiger partial charge on any atom is 0.189 e. The largest absolute Gasteiger partial charge is 0.508 e. The maximum atomic E-state index is 14.6. The summed E-state index contributed by atoms with van der Waals surface area (Å²) in [7, 11) is 1.84. The van der Waals surface area contributed by atoms with E-state index in [1.807, 2.05) is 42.3 Å². The minimum atomic E-state index is -1.66. The number of aromatic hydroxyl groups is 1. The molecule has 7 rings (SSSR count). The van der Waals surface area contributed by atoms with Crippen molar-refractivity contribution in [2.75, 3.05) is 13.6 Å². The van der Waals surface area contributed by atoms with Crippen LogP contribution in [0.4, 0.5) is 0 Å². The molecule has 4 aromatic rings. The van der Waals surface area contributed by atoms with Gasteiger partial charge in [0.1, 0.15) is 16.7 Å². The van der Waals surface area contributed by atoms with Crippen LogP contribution in [0.3, 0.4) is 0 Å². The van der Waals surface area contributed by atoms with E-state index >= 15 is 0 Å². The number of likely N-dealkylation sites (N-methyl/N-ethyl adjacent to an activating group) is 1. The van der Waals surface area contributed by atoms with Gasteiger partial charge in [-0.2, -0.15) is 0 Å². The highest BCUT2D eigenvalue weighted by Gasteiger charge is 2.78. The summed E-state index contributed by atoms with van der Waals surface area (Å²) in [4.78, 5) is 45.6. The van der Waals surface area contributed by atoms with Crippen LogP contribution < -0.4 is 0 Å². The molecule has 0 aromatic heterocycles. The Balaban J connectivity index is 1.62. The standard InChI is InChI=1S/C30H21NO4/c1-31-16-24(17-12-14-19(32)15-13-17)29(26(33)20-8-2-3-9-21(20)27(29)34)30(31)23-11-5-7-18-6-4-10-22(25(18)23)28(30)35/h2-15,24,32H,16H2,1H3/t24-,30-/m1/s1. The van der Waals surface area contributed by atoms with Gasteiger partial charge in [0.2, 0.25) is 0 Å². The van der Waals surface area contributed by atoms with Gasteiger partial charge >= 0.3 is 0 Å². The second kappa shape index (κ2) is 6.52. The Kier molecular flexibility index (Phi) is 3.78. The molecule has 0 radical (unpaired) electrons. The zero-order chi connectivity index (χ0) is 24.1. The third-order valence-electron chi connectivity index (χ3n) is 8.42. The monoisotopic (exact) mass is 459 g/mol. The van der Waals surface area contributed by atoms with Crippen LogP contribution >= 0.6 is 0 Å². The van der Waals surface area contributed by atoms with Crippen molar-refractivity contribution in [1.82, 2.24) is 4.90 Å². The van der Waals surface area contributed by atoms with Crippen LogP contribution in [0, 0.1) is 5.41 Å². The molecule has 1 saturated heterocycles. The Morgan fingerprint density at radius 1 is 0.743 bits per heavy atom. The highest BCUT2D eigenvalue weighted by Crippen LogP contribution is 2.67. The Morgan fingerprint density at radius 3 is 2.00 bits per heavy atom. The van der Waals surface area contributed by atoms with Crippen molar-refractivity contribution in [1.29, 1.82) is 0 Å². The van der Waals surface area contributed by atoms with Crippen molar-refractivity contribution in [2.24, 2.45) is 5.41 Å². The van der Waals surface area contributed by atoms with Crippen LogP contribution in [0.15, 0.2) is 84.9 Å². The van der Waals surface area contributed by atoms with E-state index < -0.39 is 16.9 Å². The SMILES string of the molecule is CN1C[C@H](c2ccc(O)cc2)C2(C(=O)c3ccccc3C2=O)[C@@]12C(=O)c1cccc3cccc2c13. The van der Waals surface area contributed by atoms with Crippen molar-refractivity contribution in [2.45, 2.75) is 11.5 Å². The van der Waals surface area contributed by atoms with Crippen LogP contribution in [0.1, 0.15) is 48.1 Å². The van der Waals surface area contributed by atoms with Crippen molar-refractivity contribution in [3.05, 3.63) is 113 Å². The fraction of sp³-hybridized carbons (Fsp3) is 0.167. The van der Waals surface area contributed by atoms with E-state index in [-0.39, 0.29) is 23.1 Å². The minimum Gasteiger partial charge on any atom is -0.508 e. The molecule has 4 aromatic carbocycles. The molecular formula is C30H21NO4. The zero-order valence-electron chi connectivity index (χ0n) is 19.0. The lowest BCUT2D eigenvalue weighted by molar-refractivity contribution is 0.0320. The number of carbonyl (C=O) groups is 3. The molecule has 2 spiro atoms. The van der Waals surface area contributed by atoms with Crippen molar-refractivity contribution < 1.29 is 19.5 Å². The third-order valence-corrected chi connectivity index (χ3v) is 8.42. The molecule has 0 amide bonds. The minimum absolute atomic E-state index is 0.102. The lowest BCUT2D eigenvalue weighted by Crippen LogP contribution is -2.59. The second-order valence-corrected chi connectivity index (χ2v) is 9.79. The predicted octanol–water partition coefficient (Wildman–Crippen LogP) is 4.73. The molecule has 3 aliphatic rings. The van der Waals surface area contributed by atoms with E-state index in [0.717, 1.165) is 16.3 Å². The van der Waals surface area contributed by atoms with Crippen molar-refractivity contribution >= 4 is 28.1 Å². The van der Waals surface area contributed by atoms with E-state index in [9.17, 15) is 19.5 Å². The molecule has 0 saturated carbocycles. The molecule has 170 valence electrons. The van der Waals surface area contributed by atoms with Gasteiger partial charge in [0, 0.05) is 29.2 Å². The molecule has 2 atom stereocenters. The molecule has 0 unspecified atom stereocenters. The van der Waals surface area contributed by atoms with Gasteiger partial charge in [0.05, 0.1) is 0 Å². The fourth-order valence-corrected chi connectivity index (χ4v) is 7.13. The van der Waals surface area contributed by atoms with Crippen molar-refractivity contribution in [3.63, 3.8) is 0 Å². The van der Waals surface area contributed by atoms with Gasteiger partial charge in [-0.25, -0.2) is 0 Å². The first-order chi connectivity index (χ1) is 16.9. The van der Waals surface area contributed by atoms with E-state index in [1.54, 1.807) is 54.6 Å². The summed E-state index contributed by atoms with van der Waals surface area (Å²) in [6, 6.07) is 24.9. The number of Topliss-reactive ketones (excluding diaryl/α,β-unsaturated/α-hetero) is 3. The summed E-state index contributed by atoms with van der Waals surface area (Å²) in [5.74, 6) is -1.29. The smallest absolute Gasteiger partial charge is 0.189 e. The van der Waals surface area contributed by atoms with Gasteiger partial charge in [0.25, 0.3) is 0 Å². The molecule has 35 heavy (non-hydrogen) atoms. The molecule has 5 nitrogen and oxygen atoms in total. The fourth-order valence-electron chi connectivity index (χ4n) is 7.13. The quantitative estimate of drug-likeness (QED) is 0.417. The van der Waals surface area contributed by atoms with Gasteiger partial charge in [-0.1, -0.05) is 72.8 Å². The summed E-state index contributed by atoms with van der Waals surface area (Å²) in [5, 5.41) is 11.7. The van der Waals surface area contributed by atoms with Crippen LogP contribution in [0.2, 0.25) is 0 Å². The summed E-state index contributed by atoms with van der Waals surface area (Å²) in [5.41, 5.74) is -0.379. The van der Waals surface area contributed by atoms with Crippen LogP contribution in [-0.2, 0) is 5.54 Å². The number of hydrogen-bond acceptors (Lipinski definition) is 5. The summed E-state index contributed by atoms with van der Waals surface area (Å²) in [6.45, 7) is 0.340. The number of fused-ring (bicyclic) bond motifs is 3. The molecular weight excluding hydrogens is 438 g/mol. The van der Waals surface area contributed by atoms with Gasteiger partial charge in [-0.05, 0) is 41.1 Å². The van der Waals surface area contributed by atoms with E-state index in [4.69, 9.17) is 0 Å². The molecule has 1 N–H and O–H groups in total. The lowest BCUT2D eigenvalue weighted by Gasteiger charge is -2.43. The predicted molar refractivity (Wildman–Crippen MR) is 131 cm³/mol. The average Bonchev–Trinajstić information content (AvgIpc) is 3.40. The Bertz CT molecular complexity index is 1580. The van der Waals surface area contributed by atoms with Gasteiger partial charge in [-0.3, -0.25) is 19.3 Å². The number of ketones is 3. The lowest BCUT2D eigenvalue weighted by atomic mass is 9.57. The summed E-state index contributed by atoms with van der Waals surface area (Å²) < 4.78 is 0. The molecule has 1 fully saturated rings. The summed E-state index contributed by atoms with van der Waals surface area (Å²) in [6.07, 6.45) is 0. The highest BCUT2D eigenvalue weighted by molar-refractivity contribution is 6.36. The van der Waals surface area contributed by atoms with Crippen LogP contribution in [0.25, 0.3) is 10.8 Å². The Labute approximate surface area is 201 Å². The number of carbonyl (C=O) groups excluding carboxylic acids is 3. The van der Waals surface area contributed by atoms with Crippen LogP contribution in [0.5, 0.6) is 5.75 Å². The average molecular weight is 460 g/mol. The molecule has 1 heterocycles. The number of phenols is 1. The van der Waals surface area contributed by atoms with Gasteiger partial charge in [-0.15, -0.1) is 0 Å². The first kappa shape index (κ1) is 20.3. The van der Waals surface area contributed by atoms with E-state index in [0.29, 0.717) is 28.8 Å². The highest BCUT2D eigenvalue weighted by atomic mass is 16.3. The number of phenolic OH excluding ortho intramolecular Hbond substituents is 1. The Hall–Kier alpha value is -4.09. The van der Waals surface area contributed by atoms with E-state index in [2.05, 4.69) is 0 Å². The molecule has 2 aliphatic carbocycles. The van der Waals surface area contributed by atoms with Crippen LogP contribution in [-0.4, -0.2) is 40.9 Å². The number of nitrogens with zero attached hydrogens (tertiary/aromatic N) is 1. The molecule has 1 aliphatic heterocycles. The first-order valence-electron chi connectivity index (χ1n) is 11.7. The summed E-state index contributed by atoms with van der Waals surface area (Å²) >= 11 is 0. The number of benzene rings is 4. The molecule has 5 heteroatoms. The Morgan fingerprint density at radius 2 is 1.34 bits per heavy atom.